The van der Waals surface area contributed by atoms with Crippen LogP contribution in [0.1, 0.15) is 17.4 Å². The molecule has 0 amide bonds. The number of hydrogen-bond donors (Lipinski definition) is 0. The van der Waals surface area contributed by atoms with E-state index in [1.165, 1.54) is 5.56 Å². The van der Waals surface area contributed by atoms with E-state index in [2.05, 4.69) is 43.3 Å². The molecule has 0 spiro atoms. The van der Waals surface area contributed by atoms with Crippen LogP contribution in [0.4, 0.5) is 0 Å². The van der Waals surface area contributed by atoms with Crippen molar-refractivity contribution in [3.8, 4) is 39.5 Å². The van der Waals surface area contributed by atoms with Gasteiger partial charge in [-0.1, -0.05) is 72.3 Å². The third-order valence-electron chi connectivity index (χ3n) is 5.10. The van der Waals surface area contributed by atoms with Gasteiger partial charge in [0, 0.05) is 18.2 Å². The van der Waals surface area contributed by atoms with Gasteiger partial charge in [0.2, 0.25) is 6.29 Å². The topological polar surface area (TPSA) is 31.6 Å². The van der Waals surface area contributed by atoms with Crippen molar-refractivity contribution in [1.29, 1.82) is 0 Å². The zero-order chi connectivity index (χ0) is 19.1. The summed E-state index contributed by atoms with van der Waals surface area (Å²) in [5.74, 6) is 2.41. The maximum absolute atomic E-state index is 6.52. The lowest BCUT2D eigenvalue weighted by Gasteiger charge is -2.25. The van der Waals surface area contributed by atoms with Crippen LogP contribution in [0.3, 0.4) is 0 Å². The highest BCUT2D eigenvalue weighted by Gasteiger charge is 2.35. The lowest BCUT2D eigenvalue weighted by atomic mass is 9.93. The van der Waals surface area contributed by atoms with Gasteiger partial charge in [0.25, 0.3) is 0 Å². The van der Waals surface area contributed by atoms with Gasteiger partial charge in [-0.3, -0.25) is 0 Å². The molecular weight excluding hydrogens is 348 g/mol. The van der Waals surface area contributed by atoms with Crippen molar-refractivity contribution >= 4 is 0 Å². The van der Waals surface area contributed by atoms with Crippen molar-refractivity contribution < 1.29 is 13.9 Å². The summed E-state index contributed by atoms with van der Waals surface area (Å²) in [5, 5.41) is 0. The van der Waals surface area contributed by atoms with E-state index in [0.29, 0.717) is 0 Å². The van der Waals surface area contributed by atoms with Gasteiger partial charge in [0.05, 0.1) is 11.1 Å². The molecule has 0 N–H and O–H groups in total. The standard InChI is InChI=1S/C25H20O3/c1-16-9-8-12-18(15-16)21-22-24(28-23(21)17-10-4-3-5-11-17)19-13-6-7-14-20(19)27-25(22)26-2/h3-15,25H,1-2H3. The van der Waals surface area contributed by atoms with Crippen molar-refractivity contribution in [2.45, 2.75) is 13.2 Å². The third-order valence-corrected chi connectivity index (χ3v) is 5.10. The fraction of sp³-hybridized carbons (Fsp3) is 0.120. The summed E-state index contributed by atoms with van der Waals surface area (Å²) in [6.45, 7) is 2.10. The van der Waals surface area contributed by atoms with Crippen LogP contribution < -0.4 is 4.74 Å². The number of ether oxygens (including phenoxy) is 2. The molecule has 28 heavy (non-hydrogen) atoms. The minimum Gasteiger partial charge on any atom is -0.460 e. The summed E-state index contributed by atoms with van der Waals surface area (Å²) in [7, 11) is 1.66. The number of benzene rings is 3. The Morgan fingerprint density at radius 1 is 0.786 bits per heavy atom. The molecule has 2 heterocycles. The molecule has 0 saturated carbocycles. The number of furan rings is 1. The minimum atomic E-state index is -0.526. The highest BCUT2D eigenvalue weighted by molar-refractivity contribution is 5.89. The molecule has 0 radical (unpaired) electrons. The first-order valence-electron chi connectivity index (χ1n) is 9.34. The van der Waals surface area contributed by atoms with E-state index < -0.39 is 6.29 Å². The van der Waals surface area contributed by atoms with E-state index in [0.717, 1.165) is 45.1 Å². The maximum atomic E-state index is 6.52. The van der Waals surface area contributed by atoms with Crippen LogP contribution in [-0.2, 0) is 4.74 Å². The Labute approximate surface area is 164 Å². The van der Waals surface area contributed by atoms with Crippen molar-refractivity contribution in [2.75, 3.05) is 7.11 Å². The number of rotatable bonds is 3. The van der Waals surface area contributed by atoms with E-state index in [1.807, 2.05) is 42.5 Å². The molecule has 1 aliphatic heterocycles. The first-order chi connectivity index (χ1) is 13.8. The van der Waals surface area contributed by atoms with Crippen LogP contribution in [-0.4, -0.2) is 7.11 Å². The predicted molar refractivity (Wildman–Crippen MR) is 110 cm³/mol. The van der Waals surface area contributed by atoms with E-state index >= 15 is 0 Å². The molecule has 0 saturated heterocycles. The Morgan fingerprint density at radius 3 is 2.32 bits per heavy atom. The molecule has 138 valence electrons. The predicted octanol–water partition coefficient (Wildman–Crippen LogP) is 6.63. The summed E-state index contributed by atoms with van der Waals surface area (Å²) < 4.78 is 18.4. The van der Waals surface area contributed by atoms with Crippen LogP contribution in [0, 0.1) is 6.92 Å². The van der Waals surface area contributed by atoms with Gasteiger partial charge < -0.3 is 13.9 Å². The molecule has 4 aromatic rings. The molecule has 3 aromatic carbocycles. The zero-order valence-corrected chi connectivity index (χ0v) is 15.8. The van der Waals surface area contributed by atoms with Gasteiger partial charge in [-0.05, 0) is 24.6 Å². The SMILES string of the molecule is COC1Oc2ccccc2-c2oc(-c3ccccc3)c(-c3cccc(C)c3)c21. The molecule has 0 aliphatic carbocycles. The lowest BCUT2D eigenvalue weighted by molar-refractivity contribution is -0.0579. The quantitative estimate of drug-likeness (QED) is 0.407. The first-order valence-corrected chi connectivity index (χ1v) is 9.34. The number of aryl methyl sites for hydroxylation is 1. The van der Waals surface area contributed by atoms with Crippen LogP contribution >= 0.6 is 0 Å². The van der Waals surface area contributed by atoms with Gasteiger partial charge in [0.1, 0.15) is 17.3 Å². The number of methoxy groups -OCH3 is 1. The fourth-order valence-corrected chi connectivity index (χ4v) is 3.85. The Bertz CT molecular complexity index is 1140. The van der Waals surface area contributed by atoms with E-state index in [-0.39, 0.29) is 0 Å². The maximum Gasteiger partial charge on any atom is 0.230 e. The van der Waals surface area contributed by atoms with Crippen LogP contribution in [0.25, 0.3) is 33.8 Å². The zero-order valence-electron chi connectivity index (χ0n) is 15.8. The fourth-order valence-electron chi connectivity index (χ4n) is 3.85. The highest BCUT2D eigenvalue weighted by atomic mass is 16.7. The summed E-state index contributed by atoms with van der Waals surface area (Å²) in [4.78, 5) is 0. The van der Waals surface area contributed by atoms with E-state index in [1.54, 1.807) is 7.11 Å². The minimum absolute atomic E-state index is 0.526. The Balaban J connectivity index is 1.86. The average molecular weight is 368 g/mol. The Kier molecular flexibility index (Phi) is 4.03. The summed E-state index contributed by atoms with van der Waals surface area (Å²) >= 11 is 0. The molecule has 1 unspecified atom stereocenters. The first kappa shape index (κ1) is 16.8. The second kappa shape index (κ2) is 6.70. The van der Waals surface area contributed by atoms with Gasteiger partial charge in [-0.2, -0.15) is 0 Å². The molecule has 1 aromatic heterocycles. The van der Waals surface area contributed by atoms with Crippen molar-refractivity contribution in [3.05, 3.63) is 90.0 Å². The monoisotopic (exact) mass is 368 g/mol. The molecule has 5 rings (SSSR count). The summed E-state index contributed by atoms with van der Waals surface area (Å²) in [5.41, 5.74) is 6.21. The van der Waals surface area contributed by atoms with Crippen LogP contribution in [0.15, 0.2) is 83.3 Å². The third kappa shape index (κ3) is 2.63. The molecule has 0 fully saturated rings. The van der Waals surface area contributed by atoms with Gasteiger partial charge >= 0.3 is 0 Å². The van der Waals surface area contributed by atoms with Gasteiger partial charge in [0.15, 0.2) is 0 Å². The van der Waals surface area contributed by atoms with Crippen LogP contribution in [0.2, 0.25) is 0 Å². The highest BCUT2D eigenvalue weighted by Crippen LogP contribution is 2.51. The molecule has 3 heteroatoms. The summed E-state index contributed by atoms with van der Waals surface area (Å²) in [6.07, 6.45) is -0.526. The summed E-state index contributed by atoms with van der Waals surface area (Å²) in [6, 6.07) is 26.6. The Morgan fingerprint density at radius 2 is 1.54 bits per heavy atom. The van der Waals surface area contributed by atoms with Crippen molar-refractivity contribution in [1.82, 2.24) is 0 Å². The van der Waals surface area contributed by atoms with Crippen molar-refractivity contribution in [3.63, 3.8) is 0 Å². The number of hydrogen-bond acceptors (Lipinski definition) is 3. The Hall–Kier alpha value is -3.30. The van der Waals surface area contributed by atoms with Gasteiger partial charge in [-0.25, -0.2) is 0 Å². The van der Waals surface area contributed by atoms with Crippen molar-refractivity contribution in [2.24, 2.45) is 0 Å². The largest absolute Gasteiger partial charge is 0.460 e. The second-order valence-electron chi connectivity index (χ2n) is 6.97. The molecule has 0 bridgehead atoms. The molecular formula is C25H20O3. The molecule has 3 nitrogen and oxygen atoms in total. The second-order valence-corrected chi connectivity index (χ2v) is 6.97. The average Bonchev–Trinajstić information content (AvgIpc) is 3.15. The number of para-hydroxylation sites is 1. The van der Waals surface area contributed by atoms with Crippen LogP contribution in [0.5, 0.6) is 5.75 Å². The molecule has 1 aliphatic rings. The normalized spacial score (nSPS) is 14.9. The molecule has 1 atom stereocenters. The smallest absolute Gasteiger partial charge is 0.230 e. The van der Waals surface area contributed by atoms with E-state index in [4.69, 9.17) is 13.9 Å². The number of fused-ring (bicyclic) bond motifs is 3. The van der Waals surface area contributed by atoms with E-state index in [9.17, 15) is 0 Å². The lowest BCUT2D eigenvalue weighted by Crippen LogP contribution is -2.15. The van der Waals surface area contributed by atoms with Gasteiger partial charge in [-0.15, -0.1) is 0 Å².